The summed E-state index contributed by atoms with van der Waals surface area (Å²) in [5, 5.41) is 9.72. The van der Waals surface area contributed by atoms with Gasteiger partial charge in [0.25, 0.3) is 0 Å². The van der Waals surface area contributed by atoms with E-state index in [1.165, 1.54) is 4.88 Å². The highest BCUT2D eigenvalue weighted by molar-refractivity contribution is 14.0. The molecule has 32 heavy (non-hydrogen) atoms. The first-order valence-electron chi connectivity index (χ1n) is 11.3. The fourth-order valence-electron chi connectivity index (χ4n) is 4.26. The van der Waals surface area contributed by atoms with Crippen LogP contribution in [0.2, 0.25) is 0 Å². The first kappa shape index (κ1) is 25.4. The highest BCUT2D eigenvalue weighted by Crippen LogP contribution is 2.27. The van der Waals surface area contributed by atoms with E-state index in [0.29, 0.717) is 6.04 Å². The molecule has 0 spiro atoms. The van der Waals surface area contributed by atoms with E-state index in [2.05, 4.69) is 56.5 Å². The SMILES string of the molecule is CCNC(=NCC(c1cccs1)N1CCOC(C)C1)N1CCN(Cc2ccon2)CC1.I. The summed E-state index contributed by atoms with van der Waals surface area (Å²) in [6.45, 7) is 13.4. The Morgan fingerprint density at radius 2 is 2.12 bits per heavy atom. The molecular weight excluding hydrogens is 539 g/mol. The van der Waals surface area contributed by atoms with Crippen molar-refractivity contribution >= 4 is 41.3 Å². The maximum absolute atomic E-state index is 5.77. The third-order valence-electron chi connectivity index (χ3n) is 5.88. The summed E-state index contributed by atoms with van der Waals surface area (Å²) in [6, 6.07) is 6.61. The molecule has 2 unspecified atom stereocenters. The van der Waals surface area contributed by atoms with Gasteiger partial charge in [-0.25, -0.2) is 0 Å². The van der Waals surface area contributed by atoms with Gasteiger partial charge in [0.2, 0.25) is 0 Å². The maximum atomic E-state index is 5.77. The van der Waals surface area contributed by atoms with Crippen molar-refractivity contribution in [2.75, 3.05) is 59.0 Å². The highest BCUT2D eigenvalue weighted by atomic mass is 127. The number of halogens is 1. The minimum atomic E-state index is 0. The molecule has 2 fully saturated rings. The monoisotopic (exact) mass is 574 g/mol. The van der Waals surface area contributed by atoms with E-state index in [1.807, 2.05) is 17.4 Å². The third-order valence-corrected chi connectivity index (χ3v) is 6.86. The summed E-state index contributed by atoms with van der Waals surface area (Å²) >= 11 is 1.82. The summed E-state index contributed by atoms with van der Waals surface area (Å²) in [5.41, 5.74) is 0.993. The molecule has 4 rings (SSSR count). The number of hydrogen-bond donors (Lipinski definition) is 1. The van der Waals surface area contributed by atoms with Gasteiger partial charge in [-0.1, -0.05) is 11.2 Å². The maximum Gasteiger partial charge on any atom is 0.194 e. The van der Waals surface area contributed by atoms with Crippen molar-refractivity contribution in [3.05, 3.63) is 40.4 Å². The molecule has 0 saturated carbocycles. The highest BCUT2D eigenvalue weighted by Gasteiger charge is 2.27. The number of thiophene rings is 1. The van der Waals surface area contributed by atoms with Crippen LogP contribution in [0.15, 0.2) is 39.4 Å². The quantitative estimate of drug-likeness (QED) is 0.310. The molecule has 0 aliphatic carbocycles. The molecule has 2 aromatic heterocycles. The zero-order valence-electron chi connectivity index (χ0n) is 19.0. The van der Waals surface area contributed by atoms with Crippen molar-refractivity contribution in [3.8, 4) is 0 Å². The average molecular weight is 575 g/mol. The molecule has 2 aliphatic rings. The van der Waals surface area contributed by atoms with Crippen molar-refractivity contribution < 1.29 is 9.26 Å². The molecule has 178 valence electrons. The van der Waals surface area contributed by atoms with Gasteiger partial charge in [-0.15, -0.1) is 35.3 Å². The van der Waals surface area contributed by atoms with E-state index in [9.17, 15) is 0 Å². The van der Waals surface area contributed by atoms with Crippen LogP contribution in [0.5, 0.6) is 0 Å². The van der Waals surface area contributed by atoms with Crippen molar-refractivity contribution in [2.45, 2.75) is 32.5 Å². The fraction of sp³-hybridized carbons (Fsp3) is 0.636. The lowest BCUT2D eigenvalue weighted by Gasteiger charge is -2.38. The van der Waals surface area contributed by atoms with Crippen molar-refractivity contribution in [3.63, 3.8) is 0 Å². The van der Waals surface area contributed by atoms with E-state index in [0.717, 1.165) is 77.2 Å². The van der Waals surface area contributed by atoms with E-state index >= 15 is 0 Å². The van der Waals surface area contributed by atoms with Crippen LogP contribution in [0.3, 0.4) is 0 Å². The average Bonchev–Trinajstić information content (AvgIpc) is 3.49. The smallest absolute Gasteiger partial charge is 0.194 e. The molecule has 0 amide bonds. The molecule has 2 saturated heterocycles. The largest absolute Gasteiger partial charge is 0.376 e. The van der Waals surface area contributed by atoms with Gasteiger partial charge in [0.05, 0.1) is 31.0 Å². The molecule has 8 nitrogen and oxygen atoms in total. The van der Waals surface area contributed by atoms with E-state index in [4.69, 9.17) is 14.3 Å². The number of rotatable bonds is 7. The van der Waals surface area contributed by atoms with Crippen LogP contribution < -0.4 is 5.32 Å². The summed E-state index contributed by atoms with van der Waals surface area (Å²) in [5.74, 6) is 1.02. The molecule has 0 bridgehead atoms. The molecule has 1 N–H and O–H groups in total. The molecular formula is C22H35IN6O2S. The fourth-order valence-corrected chi connectivity index (χ4v) is 5.11. The summed E-state index contributed by atoms with van der Waals surface area (Å²) in [7, 11) is 0. The first-order chi connectivity index (χ1) is 15.2. The Bertz CT molecular complexity index is 795. The van der Waals surface area contributed by atoms with Gasteiger partial charge < -0.3 is 19.5 Å². The van der Waals surface area contributed by atoms with Gasteiger partial charge in [-0.2, -0.15) is 0 Å². The molecule has 0 radical (unpaired) electrons. The number of nitrogens with zero attached hydrogens (tertiary/aromatic N) is 5. The molecule has 10 heteroatoms. The van der Waals surface area contributed by atoms with Gasteiger partial charge in [0.15, 0.2) is 5.96 Å². The lowest BCUT2D eigenvalue weighted by atomic mass is 10.1. The number of morpholine rings is 1. The van der Waals surface area contributed by atoms with Crippen LogP contribution in [0, 0.1) is 0 Å². The predicted molar refractivity (Wildman–Crippen MR) is 139 cm³/mol. The molecule has 2 aromatic rings. The number of guanidine groups is 1. The van der Waals surface area contributed by atoms with E-state index in [1.54, 1.807) is 6.26 Å². The number of ether oxygens (including phenoxy) is 1. The number of nitrogens with one attached hydrogen (secondary N) is 1. The number of aromatic nitrogens is 1. The van der Waals surface area contributed by atoms with Crippen LogP contribution in [0.4, 0.5) is 0 Å². The Kier molecular flexibility index (Phi) is 10.2. The minimum absolute atomic E-state index is 0. The zero-order valence-corrected chi connectivity index (χ0v) is 22.1. The van der Waals surface area contributed by atoms with Gasteiger partial charge in [0, 0.05) is 63.3 Å². The van der Waals surface area contributed by atoms with Gasteiger partial charge in [0.1, 0.15) is 6.26 Å². The summed E-state index contributed by atoms with van der Waals surface area (Å²) in [4.78, 5) is 13.8. The minimum Gasteiger partial charge on any atom is -0.376 e. The lowest BCUT2D eigenvalue weighted by Crippen LogP contribution is -2.52. The van der Waals surface area contributed by atoms with Gasteiger partial charge >= 0.3 is 0 Å². The van der Waals surface area contributed by atoms with Crippen LogP contribution in [0.1, 0.15) is 30.5 Å². The Hall–Kier alpha value is -1.21. The Balaban J connectivity index is 0.00000289. The van der Waals surface area contributed by atoms with Gasteiger partial charge in [-0.05, 0) is 25.3 Å². The number of aliphatic imine (C=N–C) groups is 1. The Morgan fingerprint density at radius 3 is 2.78 bits per heavy atom. The molecule has 2 atom stereocenters. The number of hydrogen-bond acceptors (Lipinski definition) is 7. The second kappa shape index (κ2) is 12.9. The zero-order chi connectivity index (χ0) is 21.5. The molecule has 4 heterocycles. The predicted octanol–water partition coefficient (Wildman–Crippen LogP) is 2.90. The van der Waals surface area contributed by atoms with Crippen molar-refractivity contribution in [2.24, 2.45) is 4.99 Å². The van der Waals surface area contributed by atoms with E-state index < -0.39 is 0 Å². The first-order valence-corrected chi connectivity index (χ1v) is 12.1. The second-order valence-electron chi connectivity index (χ2n) is 8.16. The van der Waals surface area contributed by atoms with Crippen LogP contribution >= 0.6 is 35.3 Å². The van der Waals surface area contributed by atoms with Crippen LogP contribution in [-0.4, -0.2) is 90.9 Å². The summed E-state index contributed by atoms with van der Waals surface area (Å²) < 4.78 is 10.7. The van der Waals surface area contributed by atoms with Crippen LogP contribution in [-0.2, 0) is 11.3 Å². The molecule has 0 aromatic carbocycles. The van der Waals surface area contributed by atoms with Crippen molar-refractivity contribution in [1.82, 2.24) is 25.2 Å². The Morgan fingerprint density at radius 1 is 1.28 bits per heavy atom. The second-order valence-corrected chi connectivity index (χ2v) is 9.14. The summed E-state index contributed by atoms with van der Waals surface area (Å²) in [6.07, 6.45) is 1.91. The lowest BCUT2D eigenvalue weighted by molar-refractivity contribution is -0.0327. The third kappa shape index (κ3) is 6.89. The Labute approximate surface area is 212 Å². The normalized spacial score (nSPS) is 21.9. The van der Waals surface area contributed by atoms with Crippen molar-refractivity contribution in [1.29, 1.82) is 0 Å². The van der Waals surface area contributed by atoms with Gasteiger partial charge in [-0.3, -0.25) is 14.8 Å². The standard InChI is InChI=1S/C22H34N6O2S.HI/c1-3-23-22(27-9-7-26(8-10-27)17-19-6-12-30-25-19)24-15-20(21-5-4-14-31-21)28-11-13-29-18(2)16-28;/h4-6,12,14,18,20H,3,7-11,13,15-17H2,1-2H3,(H,23,24);1H. The molecule has 2 aliphatic heterocycles. The topological polar surface area (TPSA) is 69.4 Å². The van der Waals surface area contributed by atoms with E-state index in [-0.39, 0.29) is 30.1 Å². The number of piperazine rings is 1. The van der Waals surface area contributed by atoms with Crippen LogP contribution in [0.25, 0.3) is 0 Å².